The van der Waals surface area contributed by atoms with Crippen molar-refractivity contribution in [3.63, 3.8) is 0 Å². The SMILES string of the molecule is CCn1c(-c2ccc(C#N)cc2)n[nH]c1=S. The maximum atomic E-state index is 8.71. The predicted molar refractivity (Wildman–Crippen MR) is 63.2 cm³/mol. The molecule has 0 aliphatic heterocycles. The fraction of sp³-hybridized carbons (Fsp3) is 0.182. The van der Waals surface area contributed by atoms with Crippen LogP contribution in [0, 0.1) is 16.1 Å². The van der Waals surface area contributed by atoms with E-state index < -0.39 is 0 Å². The molecule has 1 heterocycles. The number of nitrogens with one attached hydrogen (secondary N) is 1. The molecule has 16 heavy (non-hydrogen) atoms. The van der Waals surface area contributed by atoms with Gasteiger partial charge in [0.15, 0.2) is 10.6 Å². The van der Waals surface area contributed by atoms with Crippen molar-refractivity contribution in [2.75, 3.05) is 0 Å². The van der Waals surface area contributed by atoms with Crippen LogP contribution in [-0.2, 0) is 6.54 Å². The molecule has 4 nitrogen and oxygen atoms in total. The number of rotatable bonds is 2. The second-order valence-electron chi connectivity index (χ2n) is 3.29. The molecule has 0 radical (unpaired) electrons. The number of aromatic nitrogens is 3. The molecule has 0 saturated carbocycles. The standard InChI is InChI=1S/C11H10N4S/c1-2-15-10(13-14-11(15)16)9-5-3-8(7-12)4-6-9/h3-6H,2H2,1H3,(H,14,16). The molecule has 2 aromatic rings. The monoisotopic (exact) mass is 230 g/mol. The summed E-state index contributed by atoms with van der Waals surface area (Å²) in [4.78, 5) is 0. The maximum Gasteiger partial charge on any atom is 0.195 e. The van der Waals surface area contributed by atoms with Gasteiger partial charge in [-0.3, -0.25) is 5.10 Å². The maximum absolute atomic E-state index is 8.71. The van der Waals surface area contributed by atoms with Gasteiger partial charge in [0.25, 0.3) is 0 Å². The van der Waals surface area contributed by atoms with Crippen LogP contribution < -0.4 is 0 Å². The van der Waals surface area contributed by atoms with Crippen molar-refractivity contribution in [3.8, 4) is 17.5 Å². The van der Waals surface area contributed by atoms with E-state index in [0.717, 1.165) is 17.9 Å². The molecule has 0 fully saturated rings. The fourth-order valence-corrected chi connectivity index (χ4v) is 1.79. The molecule has 0 saturated heterocycles. The Kier molecular flexibility index (Phi) is 2.84. The van der Waals surface area contributed by atoms with E-state index in [1.807, 2.05) is 23.6 Å². The second kappa shape index (κ2) is 4.29. The Labute approximate surface area is 98.2 Å². The molecule has 80 valence electrons. The summed E-state index contributed by atoms with van der Waals surface area (Å²) in [5, 5.41) is 15.7. The highest BCUT2D eigenvalue weighted by molar-refractivity contribution is 7.71. The van der Waals surface area contributed by atoms with Gasteiger partial charge in [0.05, 0.1) is 11.6 Å². The van der Waals surface area contributed by atoms with Crippen LogP contribution in [0.1, 0.15) is 12.5 Å². The minimum absolute atomic E-state index is 0.613. The first-order chi connectivity index (χ1) is 7.76. The Bertz CT molecular complexity index is 586. The van der Waals surface area contributed by atoms with Crippen LogP contribution in [0.5, 0.6) is 0 Å². The molecule has 0 aliphatic carbocycles. The Morgan fingerprint density at radius 3 is 2.69 bits per heavy atom. The second-order valence-corrected chi connectivity index (χ2v) is 3.67. The number of nitrogens with zero attached hydrogens (tertiary/aromatic N) is 3. The molecule has 0 bridgehead atoms. The summed E-state index contributed by atoms with van der Waals surface area (Å²) >= 11 is 5.11. The quantitative estimate of drug-likeness (QED) is 0.806. The largest absolute Gasteiger partial charge is 0.300 e. The first-order valence-electron chi connectivity index (χ1n) is 4.92. The third kappa shape index (κ3) is 1.75. The Hall–Kier alpha value is -1.93. The molecule has 1 aromatic carbocycles. The molecular weight excluding hydrogens is 220 g/mol. The molecule has 0 aliphatic rings. The van der Waals surface area contributed by atoms with Crippen molar-refractivity contribution < 1.29 is 0 Å². The van der Waals surface area contributed by atoms with Gasteiger partial charge in [0.1, 0.15) is 0 Å². The highest BCUT2D eigenvalue weighted by Crippen LogP contribution is 2.17. The van der Waals surface area contributed by atoms with Gasteiger partial charge in [0, 0.05) is 12.1 Å². The van der Waals surface area contributed by atoms with E-state index in [0.29, 0.717) is 10.3 Å². The molecule has 0 spiro atoms. The predicted octanol–water partition coefficient (Wildman–Crippen LogP) is 2.50. The highest BCUT2D eigenvalue weighted by Gasteiger charge is 2.06. The molecule has 1 aromatic heterocycles. The van der Waals surface area contributed by atoms with E-state index in [1.54, 1.807) is 12.1 Å². The molecule has 1 N–H and O–H groups in total. The Balaban J connectivity index is 2.51. The van der Waals surface area contributed by atoms with Crippen LogP contribution in [0.25, 0.3) is 11.4 Å². The van der Waals surface area contributed by atoms with E-state index in [4.69, 9.17) is 17.5 Å². The summed E-state index contributed by atoms with van der Waals surface area (Å²) in [6.07, 6.45) is 0. The first-order valence-corrected chi connectivity index (χ1v) is 5.33. The lowest BCUT2D eigenvalue weighted by atomic mass is 10.1. The summed E-state index contributed by atoms with van der Waals surface area (Å²) < 4.78 is 2.53. The lowest BCUT2D eigenvalue weighted by Crippen LogP contribution is -1.97. The molecule has 0 amide bonds. The number of nitriles is 1. The van der Waals surface area contributed by atoms with Crippen LogP contribution in [0.3, 0.4) is 0 Å². The molecule has 5 heteroatoms. The van der Waals surface area contributed by atoms with Crippen LogP contribution in [0.15, 0.2) is 24.3 Å². The normalized spacial score (nSPS) is 10.0. The van der Waals surface area contributed by atoms with Crippen LogP contribution >= 0.6 is 12.2 Å². The fourth-order valence-electron chi connectivity index (χ4n) is 1.53. The molecular formula is C11H10N4S. The average molecular weight is 230 g/mol. The van der Waals surface area contributed by atoms with Gasteiger partial charge < -0.3 is 4.57 Å². The number of benzene rings is 1. The third-order valence-corrected chi connectivity index (χ3v) is 2.66. The summed E-state index contributed by atoms with van der Waals surface area (Å²) in [6, 6.07) is 9.37. The van der Waals surface area contributed by atoms with Gasteiger partial charge in [-0.15, -0.1) is 0 Å². The topological polar surface area (TPSA) is 57.4 Å². The summed E-state index contributed by atoms with van der Waals surface area (Å²) in [5.41, 5.74) is 1.59. The van der Waals surface area contributed by atoms with E-state index in [9.17, 15) is 0 Å². The van der Waals surface area contributed by atoms with Crippen molar-refractivity contribution in [1.82, 2.24) is 14.8 Å². The van der Waals surface area contributed by atoms with E-state index >= 15 is 0 Å². The number of hydrogen-bond acceptors (Lipinski definition) is 3. The number of hydrogen-bond donors (Lipinski definition) is 1. The van der Waals surface area contributed by atoms with Crippen molar-refractivity contribution in [2.24, 2.45) is 0 Å². The van der Waals surface area contributed by atoms with Crippen LogP contribution in [0.2, 0.25) is 0 Å². The zero-order valence-corrected chi connectivity index (χ0v) is 9.58. The van der Waals surface area contributed by atoms with Crippen molar-refractivity contribution in [2.45, 2.75) is 13.5 Å². The van der Waals surface area contributed by atoms with E-state index in [-0.39, 0.29) is 0 Å². The lowest BCUT2D eigenvalue weighted by Gasteiger charge is -2.02. The lowest BCUT2D eigenvalue weighted by molar-refractivity contribution is 0.755. The highest BCUT2D eigenvalue weighted by atomic mass is 32.1. The molecule has 0 unspecified atom stereocenters. The Morgan fingerprint density at radius 1 is 1.44 bits per heavy atom. The third-order valence-electron chi connectivity index (χ3n) is 2.35. The van der Waals surface area contributed by atoms with Gasteiger partial charge in [-0.2, -0.15) is 10.4 Å². The molecule has 2 rings (SSSR count). The first kappa shape index (κ1) is 10.6. The van der Waals surface area contributed by atoms with Crippen molar-refractivity contribution in [3.05, 3.63) is 34.6 Å². The number of aromatic amines is 1. The van der Waals surface area contributed by atoms with Crippen LogP contribution in [-0.4, -0.2) is 14.8 Å². The van der Waals surface area contributed by atoms with E-state index in [1.165, 1.54) is 0 Å². The molecule has 0 atom stereocenters. The van der Waals surface area contributed by atoms with E-state index in [2.05, 4.69) is 16.3 Å². The van der Waals surface area contributed by atoms with Gasteiger partial charge >= 0.3 is 0 Å². The average Bonchev–Trinajstić information content (AvgIpc) is 2.70. The van der Waals surface area contributed by atoms with Crippen LogP contribution in [0.4, 0.5) is 0 Å². The smallest absolute Gasteiger partial charge is 0.195 e. The van der Waals surface area contributed by atoms with Gasteiger partial charge in [-0.25, -0.2) is 0 Å². The summed E-state index contributed by atoms with van der Waals surface area (Å²) in [5.74, 6) is 0.803. The number of H-pyrrole nitrogens is 1. The Morgan fingerprint density at radius 2 is 2.12 bits per heavy atom. The van der Waals surface area contributed by atoms with Gasteiger partial charge in [0.2, 0.25) is 0 Å². The minimum atomic E-state index is 0.613. The zero-order valence-electron chi connectivity index (χ0n) is 8.77. The minimum Gasteiger partial charge on any atom is -0.300 e. The summed E-state index contributed by atoms with van der Waals surface area (Å²) in [6.45, 7) is 2.78. The van der Waals surface area contributed by atoms with Gasteiger partial charge in [-0.1, -0.05) is 0 Å². The van der Waals surface area contributed by atoms with Crippen molar-refractivity contribution in [1.29, 1.82) is 5.26 Å². The van der Waals surface area contributed by atoms with Crippen molar-refractivity contribution >= 4 is 12.2 Å². The zero-order chi connectivity index (χ0) is 11.5. The summed E-state index contributed by atoms with van der Waals surface area (Å²) in [7, 11) is 0. The van der Waals surface area contributed by atoms with Gasteiger partial charge in [-0.05, 0) is 43.4 Å².